The van der Waals surface area contributed by atoms with Crippen LogP contribution < -0.4 is 19.7 Å². The maximum Gasteiger partial charge on any atom is 0.270 e. The molecule has 1 unspecified atom stereocenters. The van der Waals surface area contributed by atoms with Crippen molar-refractivity contribution in [2.45, 2.75) is 18.9 Å². The summed E-state index contributed by atoms with van der Waals surface area (Å²) in [4.78, 5) is 34.2. The SMILES string of the molecule is CN1C(=O)C(NC(=O)c2cc(Oc3ccccc3)ccn2)COc2ccc(C#CCN3CCCC3)cc21. The number of likely N-dealkylation sites (N-methyl/N-ethyl adjacent to an activating group) is 1. The number of benzene rings is 2. The quantitative estimate of drug-likeness (QED) is 0.545. The minimum absolute atomic E-state index is 0.00209. The van der Waals surface area contributed by atoms with E-state index in [1.165, 1.54) is 30.0 Å². The fraction of sp³-hybridized carbons (Fsp3) is 0.276. The summed E-state index contributed by atoms with van der Waals surface area (Å²) in [6.45, 7) is 2.93. The van der Waals surface area contributed by atoms with Crippen molar-refractivity contribution in [1.82, 2.24) is 15.2 Å². The molecule has 1 aromatic heterocycles. The predicted octanol–water partition coefficient (Wildman–Crippen LogP) is 3.48. The number of carbonyl (C=O) groups is 2. The number of rotatable bonds is 5. The summed E-state index contributed by atoms with van der Waals surface area (Å²) in [5.41, 5.74) is 1.57. The van der Waals surface area contributed by atoms with E-state index in [0.29, 0.717) is 22.9 Å². The number of nitrogens with zero attached hydrogens (tertiary/aromatic N) is 3. The fourth-order valence-electron chi connectivity index (χ4n) is 4.33. The van der Waals surface area contributed by atoms with E-state index in [4.69, 9.17) is 9.47 Å². The molecule has 2 aromatic carbocycles. The molecule has 2 aliphatic heterocycles. The molecule has 2 amide bonds. The van der Waals surface area contributed by atoms with Gasteiger partial charge in [0.05, 0.1) is 12.2 Å². The number of pyridine rings is 1. The summed E-state index contributed by atoms with van der Waals surface area (Å²) in [6.07, 6.45) is 3.95. The van der Waals surface area contributed by atoms with E-state index in [1.807, 2.05) is 48.5 Å². The van der Waals surface area contributed by atoms with Crippen LogP contribution in [-0.2, 0) is 4.79 Å². The largest absolute Gasteiger partial charge is 0.489 e. The lowest BCUT2D eigenvalue weighted by Gasteiger charge is -2.20. The predicted molar refractivity (Wildman–Crippen MR) is 140 cm³/mol. The summed E-state index contributed by atoms with van der Waals surface area (Å²) >= 11 is 0. The first-order valence-corrected chi connectivity index (χ1v) is 12.3. The molecule has 0 aliphatic carbocycles. The van der Waals surface area contributed by atoms with Crippen LogP contribution in [0, 0.1) is 11.8 Å². The van der Waals surface area contributed by atoms with E-state index in [9.17, 15) is 9.59 Å². The van der Waals surface area contributed by atoms with Crippen molar-refractivity contribution in [3.63, 3.8) is 0 Å². The Morgan fingerprint density at radius 3 is 2.73 bits per heavy atom. The monoisotopic (exact) mass is 496 g/mol. The van der Waals surface area contributed by atoms with Crippen LogP contribution in [-0.4, -0.2) is 61.0 Å². The Morgan fingerprint density at radius 1 is 1.11 bits per heavy atom. The number of hydrogen-bond acceptors (Lipinski definition) is 6. The second-order valence-electron chi connectivity index (χ2n) is 8.99. The van der Waals surface area contributed by atoms with Crippen LogP contribution in [0.25, 0.3) is 0 Å². The van der Waals surface area contributed by atoms with Crippen molar-refractivity contribution in [3.8, 4) is 29.1 Å². The molecule has 8 heteroatoms. The molecule has 8 nitrogen and oxygen atoms in total. The molecule has 1 N–H and O–H groups in total. The molecule has 1 atom stereocenters. The Bertz CT molecular complexity index is 1340. The van der Waals surface area contributed by atoms with Crippen LogP contribution in [0.15, 0.2) is 66.9 Å². The number of nitrogens with one attached hydrogen (secondary N) is 1. The molecule has 0 saturated carbocycles. The number of para-hydroxylation sites is 1. The van der Waals surface area contributed by atoms with E-state index < -0.39 is 11.9 Å². The van der Waals surface area contributed by atoms with Gasteiger partial charge in [-0.15, -0.1) is 0 Å². The Labute approximate surface area is 216 Å². The fourth-order valence-corrected chi connectivity index (χ4v) is 4.33. The number of ether oxygens (including phenoxy) is 2. The third-order valence-electron chi connectivity index (χ3n) is 6.34. The summed E-state index contributed by atoms with van der Waals surface area (Å²) < 4.78 is 11.7. The zero-order chi connectivity index (χ0) is 25.6. The van der Waals surface area contributed by atoms with Gasteiger partial charge >= 0.3 is 0 Å². The molecule has 0 radical (unpaired) electrons. The molecule has 1 fully saturated rings. The Kier molecular flexibility index (Phi) is 7.33. The van der Waals surface area contributed by atoms with Gasteiger partial charge in [0.1, 0.15) is 35.6 Å². The van der Waals surface area contributed by atoms with Crippen LogP contribution >= 0.6 is 0 Å². The van der Waals surface area contributed by atoms with Crippen molar-refractivity contribution in [3.05, 3.63) is 78.1 Å². The molecule has 5 rings (SSSR count). The minimum atomic E-state index is -0.880. The van der Waals surface area contributed by atoms with Gasteiger partial charge in [-0.2, -0.15) is 0 Å². The highest BCUT2D eigenvalue weighted by Gasteiger charge is 2.31. The minimum Gasteiger partial charge on any atom is -0.489 e. The zero-order valence-corrected chi connectivity index (χ0v) is 20.6. The first-order chi connectivity index (χ1) is 18.1. The van der Waals surface area contributed by atoms with E-state index in [0.717, 1.165) is 25.2 Å². The third-order valence-corrected chi connectivity index (χ3v) is 6.34. The molecule has 188 valence electrons. The molecular weight excluding hydrogens is 468 g/mol. The van der Waals surface area contributed by atoms with Crippen molar-refractivity contribution in [2.24, 2.45) is 0 Å². The highest BCUT2D eigenvalue weighted by molar-refractivity contribution is 6.03. The van der Waals surface area contributed by atoms with E-state index in [2.05, 4.69) is 27.0 Å². The molecule has 37 heavy (non-hydrogen) atoms. The first-order valence-electron chi connectivity index (χ1n) is 12.3. The molecule has 3 aromatic rings. The maximum absolute atomic E-state index is 13.2. The lowest BCUT2D eigenvalue weighted by molar-refractivity contribution is -0.120. The molecule has 0 spiro atoms. The number of likely N-dealkylation sites (tertiary alicyclic amines) is 1. The summed E-state index contributed by atoms with van der Waals surface area (Å²) in [6, 6.07) is 17.1. The van der Waals surface area contributed by atoms with E-state index in [-0.39, 0.29) is 18.2 Å². The summed E-state index contributed by atoms with van der Waals surface area (Å²) in [7, 11) is 1.67. The van der Waals surface area contributed by atoms with Gasteiger partial charge in [-0.25, -0.2) is 0 Å². The van der Waals surface area contributed by atoms with Gasteiger partial charge < -0.3 is 19.7 Å². The average Bonchev–Trinajstić information content (AvgIpc) is 3.41. The van der Waals surface area contributed by atoms with Crippen LogP contribution in [0.1, 0.15) is 28.9 Å². The number of aromatic nitrogens is 1. The molecule has 2 aliphatic rings. The Hall–Kier alpha value is -4.35. The van der Waals surface area contributed by atoms with Crippen LogP contribution in [0.2, 0.25) is 0 Å². The number of fused-ring (bicyclic) bond motifs is 1. The molecule has 0 bridgehead atoms. The van der Waals surface area contributed by atoms with Gasteiger partial charge in [0.25, 0.3) is 11.8 Å². The van der Waals surface area contributed by atoms with Crippen molar-refractivity contribution >= 4 is 17.5 Å². The lowest BCUT2D eigenvalue weighted by atomic mass is 10.1. The Balaban J connectivity index is 1.25. The topological polar surface area (TPSA) is 84.0 Å². The van der Waals surface area contributed by atoms with Gasteiger partial charge in [0.15, 0.2) is 0 Å². The van der Waals surface area contributed by atoms with Crippen LogP contribution in [0.3, 0.4) is 0 Å². The number of anilines is 1. The average molecular weight is 497 g/mol. The number of carbonyl (C=O) groups excluding carboxylic acids is 2. The van der Waals surface area contributed by atoms with Crippen molar-refractivity contribution in [1.29, 1.82) is 0 Å². The molecule has 3 heterocycles. The number of amides is 2. The zero-order valence-electron chi connectivity index (χ0n) is 20.6. The van der Waals surface area contributed by atoms with Gasteiger partial charge in [0, 0.05) is 24.9 Å². The van der Waals surface area contributed by atoms with Crippen LogP contribution in [0.4, 0.5) is 5.69 Å². The maximum atomic E-state index is 13.2. The number of hydrogen-bond donors (Lipinski definition) is 1. The van der Waals surface area contributed by atoms with E-state index >= 15 is 0 Å². The normalized spacial score (nSPS) is 17.2. The van der Waals surface area contributed by atoms with Gasteiger partial charge in [0.2, 0.25) is 0 Å². The second-order valence-corrected chi connectivity index (χ2v) is 8.99. The van der Waals surface area contributed by atoms with Gasteiger partial charge in [-0.1, -0.05) is 30.0 Å². The molecular formula is C29H28N4O4. The van der Waals surface area contributed by atoms with Gasteiger partial charge in [-0.3, -0.25) is 19.5 Å². The lowest BCUT2D eigenvalue weighted by Crippen LogP contribution is -2.49. The second kappa shape index (κ2) is 11.1. The summed E-state index contributed by atoms with van der Waals surface area (Å²) in [5.74, 6) is 7.31. The standard InChI is InChI=1S/C29H28N4O4/c1-32-26-18-21(8-7-17-33-15-5-6-16-33)11-12-27(26)36-20-25(29(32)35)31-28(34)24-19-23(13-14-30-24)37-22-9-3-2-4-10-22/h2-4,9-14,18-19,25H,5-6,15-17,20H2,1H3,(H,31,34). The first kappa shape index (κ1) is 24.3. The highest BCUT2D eigenvalue weighted by Crippen LogP contribution is 2.31. The van der Waals surface area contributed by atoms with E-state index in [1.54, 1.807) is 13.1 Å². The third kappa shape index (κ3) is 5.90. The smallest absolute Gasteiger partial charge is 0.270 e. The van der Waals surface area contributed by atoms with Crippen molar-refractivity contribution < 1.29 is 19.1 Å². The van der Waals surface area contributed by atoms with Crippen molar-refractivity contribution in [2.75, 3.05) is 38.2 Å². The summed E-state index contributed by atoms with van der Waals surface area (Å²) in [5, 5.41) is 2.75. The molecule has 1 saturated heterocycles. The van der Waals surface area contributed by atoms with Crippen LogP contribution in [0.5, 0.6) is 17.2 Å². The Morgan fingerprint density at radius 2 is 1.92 bits per heavy atom. The van der Waals surface area contributed by atoms with Gasteiger partial charge in [-0.05, 0) is 62.3 Å². The highest BCUT2D eigenvalue weighted by atomic mass is 16.5.